The zero-order valence-corrected chi connectivity index (χ0v) is 12.1. The molecule has 0 saturated heterocycles. The van der Waals surface area contributed by atoms with Crippen LogP contribution in [0.1, 0.15) is 37.1 Å². The Balaban J connectivity index is 2.11. The van der Waals surface area contributed by atoms with Crippen molar-refractivity contribution < 1.29 is 4.74 Å². The molecule has 2 N–H and O–H groups in total. The van der Waals surface area contributed by atoms with Crippen molar-refractivity contribution in [2.45, 2.75) is 38.8 Å². The van der Waals surface area contributed by atoms with Gasteiger partial charge in [0.2, 0.25) is 0 Å². The van der Waals surface area contributed by atoms with Gasteiger partial charge in [-0.3, -0.25) is 0 Å². The van der Waals surface area contributed by atoms with Crippen molar-refractivity contribution in [3.8, 4) is 11.3 Å². The molecule has 2 aromatic rings. The number of benzene rings is 1. The predicted molar refractivity (Wildman–Crippen MR) is 80.4 cm³/mol. The molecule has 0 aliphatic carbocycles. The Morgan fingerprint density at radius 2 is 2.20 bits per heavy atom. The van der Waals surface area contributed by atoms with E-state index in [9.17, 15) is 0 Å². The molecule has 106 valence electrons. The molecule has 1 aliphatic rings. The summed E-state index contributed by atoms with van der Waals surface area (Å²) in [6.45, 7) is 3.78. The highest BCUT2D eigenvalue weighted by atomic mass is 16.5. The number of ether oxygens (including phenoxy) is 1. The van der Waals surface area contributed by atoms with Gasteiger partial charge in [-0.15, -0.1) is 0 Å². The number of nitrogens with zero attached hydrogens (tertiary/aromatic N) is 2. The second-order valence-electron chi connectivity index (χ2n) is 5.49. The average Bonchev–Trinajstić information content (AvgIpc) is 2.79. The first-order valence-corrected chi connectivity index (χ1v) is 7.15. The van der Waals surface area contributed by atoms with Gasteiger partial charge in [0, 0.05) is 25.1 Å². The van der Waals surface area contributed by atoms with E-state index in [1.807, 2.05) is 12.1 Å². The monoisotopic (exact) mass is 271 g/mol. The van der Waals surface area contributed by atoms with Crippen LogP contribution in [0.4, 0.5) is 5.82 Å². The summed E-state index contributed by atoms with van der Waals surface area (Å²) >= 11 is 0. The number of rotatable bonds is 3. The summed E-state index contributed by atoms with van der Waals surface area (Å²) in [5.74, 6) is 2.39. The van der Waals surface area contributed by atoms with E-state index < -0.39 is 0 Å². The summed E-state index contributed by atoms with van der Waals surface area (Å²) in [7, 11) is 1.71. The standard InChI is InChI=1S/C16H21N3O/c1-11-6-5-9-19-15(17)14(18-16(11)19)13-8-4-3-7-12(13)10-20-2/h3-4,7-8,11H,5-6,9-10,17H2,1-2H3. The Kier molecular flexibility index (Phi) is 3.49. The predicted octanol–water partition coefficient (Wildman–Crippen LogP) is 3.18. The molecule has 0 saturated carbocycles. The zero-order valence-electron chi connectivity index (χ0n) is 12.1. The highest BCUT2D eigenvalue weighted by molar-refractivity contribution is 5.74. The van der Waals surface area contributed by atoms with Crippen LogP contribution in [-0.2, 0) is 17.9 Å². The molecule has 4 nitrogen and oxygen atoms in total. The summed E-state index contributed by atoms with van der Waals surface area (Å²) in [6, 6.07) is 8.19. The van der Waals surface area contributed by atoms with Crippen LogP contribution in [0.25, 0.3) is 11.3 Å². The lowest BCUT2D eigenvalue weighted by atomic mass is 10.0. The number of nitrogens with two attached hydrogens (primary N) is 1. The average molecular weight is 271 g/mol. The van der Waals surface area contributed by atoms with Gasteiger partial charge in [-0.2, -0.15) is 0 Å². The van der Waals surface area contributed by atoms with Crippen LogP contribution in [0.15, 0.2) is 24.3 Å². The Bertz CT molecular complexity index is 618. The van der Waals surface area contributed by atoms with Crippen molar-refractivity contribution in [2.75, 3.05) is 12.8 Å². The van der Waals surface area contributed by atoms with E-state index in [-0.39, 0.29) is 0 Å². The molecule has 1 aromatic heterocycles. The first kappa shape index (κ1) is 13.2. The number of fused-ring (bicyclic) bond motifs is 1. The van der Waals surface area contributed by atoms with E-state index in [1.165, 1.54) is 12.8 Å². The number of methoxy groups -OCH3 is 1. The van der Waals surface area contributed by atoms with Gasteiger partial charge in [0.15, 0.2) is 0 Å². The van der Waals surface area contributed by atoms with Crippen LogP contribution >= 0.6 is 0 Å². The lowest BCUT2D eigenvalue weighted by molar-refractivity contribution is 0.185. The van der Waals surface area contributed by atoms with Crippen LogP contribution in [0, 0.1) is 0 Å². The summed E-state index contributed by atoms with van der Waals surface area (Å²) in [5, 5.41) is 0. The van der Waals surface area contributed by atoms with Gasteiger partial charge in [-0.25, -0.2) is 4.98 Å². The van der Waals surface area contributed by atoms with E-state index in [2.05, 4.69) is 23.6 Å². The number of nitrogen functional groups attached to an aromatic ring is 1. The van der Waals surface area contributed by atoms with Gasteiger partial charge in [-0.05, 0) is 18.4 Å². The largest absolute Gasteiger partial charge is 0.383 e. The van der Waals surface area contributed by atoms with Gasteiger partial charge >= 0.3 is 0 Å². The maximum atomic E-state index is 6.34. The third kappa shape index (κ3) is 2.10. The minimum Gasteiger partial charge on any atom is -0.383 e. The fourth-order valence-electron chi connectivity index (χ4n) is 3.01. The maximum Gasteiger partial charge on any atom is 0.131 e. The molecule has 0 amide bonds. The number of hydrogen-bond acceptors (Lipinski definition) is 3. The molecule has 0 radical (unpaired) electrons. The molecule has 1 unspecified atom stereocenters. The second-order valence-corrected chi connectivity index (χ2v) is 5.49. The van der Waals surface area contributed by atoms with Crippen molar-refractivity contribution in [3.05, 3.63) is 35.7 Å². The van der Waals surface area contributed by atoms with E-state index in [1.54, 1.807) is 7.11 Å². The number of hydrogen-bond donors (Lipinski definition) is 1. The normalized spacial score (nSPS) is 18.0. The van der Waals surface area contributed by atoms with Gasteiger partial charge in [-0.1, -0.05) is 31.2 Å². The number of anilines is 1. The van der Waals surface area contributed by atoms with Gasteiger partial charge in [0.25, 0.3) is 0 Å². The SMILES string of the molecule is COCc1ccccc1-c1nc2n(c1N)CCCC2C. The molecule has 1 aromatic carbocycles. The number of aromatic nitrogens is 2. The van der Waals surface area contributed by atoms with Gasteiger partial charge in [0.1, 0.15) is 17.3 Å². The zero-order chi connectivity index (χ0) is 14.1. The van der Waals surface area contributed by atoms with Crippen LogP contribution in [0.2, 0.25) is 0 Å². The Hall–Kier alpha value is -1.81. The fourth-order valence-corrected chi connectivity index (χ4v) is 3.01. The van der Waals surface area contributed by atoms with Crippen molar-refractivity contribution in [2.24, 2.45) is 0 Å². The molecule has 0 spiro atoms. The van der Waals surface area contributed by atoms with E-state index >= 15 is 0 Å². The molecule has 0 fully saturated rings. The van der Waals surface area contributed by atoms with E-state index in [4.69, 9.17) is 15.5 Å². The van der Waals surface area contributed by atoms with E-state index in [0.29, 0.717) is 12.5 Å². The molecule has 4 heteroatoms. The van der Waals surface area contributed by atoms with Crippen molar-refractivity contribution in [1.29, 1.82) is 0 Å². The highest BCUT2D eigenvalue weighted by Gasteiger charge is 2.24. The van der Waals surface area contributed by atoms with Crippen LogP contribution < -0.4 is 5.73 Å². The van der Waals surface area contributed by atoms with Gasteiger partial charge in [0.05, 0.1) is 6.61 Å². The number of imidazole rings is 1. The van der Waals surface area contributed by atoms with E-state index in [0.717, 1.165) is 35.0 Å². The highest BCUT2D eigenvalue weighted by Crippen LogP contribution is 2.35. The Labute approximate surface area is 119 Å². The maximum absolute atomic E-state index is 6.34. The van der Waals surface area contributed by atoms with Crippen molar-refractivity contribution >= 4 is 5.82 Å². The molecule has 3 rings (SSSR count). The fraction of sp³-hybridized carbons (Fsp3) is 0.438. The minimum absolute atomic E-state index is 0.481. The third-order valence-corrected chi connectivity index (χ3v) is 4.07. The lowest BCUT2D eigenvalue weighted by Gasteiger charge is -2.20. The quantitative estimate of drug-likeness (QED) is 0.932. The molecule has 0 bridgehead atoms. The Morgan fingerprint density at radius 3 is 2.95 bits per heavy atom. The first-order valence-electron chi connectivity index (χ1n) is 7.15. The molecular formula is C16H21N3O. The van der Waals surface area contributed by atoms with Crippen molar-refractivity contribution in [1.82, 2.24) is 9.55 Å². The summed E-state index contributed by atoms with van der Waals surface area (Å²) in [5.41, 5.74) is 9.46. The summed E-state index contributed by atoms with van der Waals surface area (Å²) in [6.07, 6.45) is 2.36. The van der Waals surface area contributed by atoms with Crippen LogP contribution in [0.5, 0.6) is 0 Å². The molecule has 2 heterocycles. The van der Waals surface area contributed by atoms with Crippen LogP contribution in [-0.4, -0.2) is 16.7 Å². The molecular weight excluding hydrogens is 250 g/mol. The minimum atomic E-state index is 0.481. The lowest BCUT2D eigenvalue weighted by Crippen LogP contribution is -2.15. The topological polar surface area (TPSA) is 53.1 Å². The third-order valence-electron chi connectivity index (χ3n) is 4.07. The molecule has 1 atom stereocenters. The summed E-state index contributed by atoms with van der Waals surface area (Å²) in [4.78, 5) is 4.83. The smallest absolute Gasteiger partial charge is 0.131 e. The summed E-state index contributed by atoms with van der Waals surface area (Å²) < 4.78 is 7.45. The Morgan fingerprint density at radius 1 is 1.40 bits per heavy atom. The van der Waals surface area contributed by atoms with Crippen molar-refractivity contribution in [3.63, 3.8) is 0 Å². The van der Waals surface area contributed by atoms with Gasteiger partial charge < -0.3 is 15.0 Å². The second kappa shape index (κ2) is 5.29. The first-order chi connectivity index (χ1) is 9.72. The van der Waals surface area contributed by atoms with Crippen LogP contribution in [0.3, 0.4) is 0 Å². The molecule has 1 aliphatic heterocycles. The molecule has 20 heavy (non-hydrogen) atoms.